The average molecular weight is 365 g/mol. The Bertz CT molecular complexity index is 818. The standard InChI is InChI=1S/C16H19N3O3S2/c1-12(20)18-11-14-4-5-16(23-14)24(21,22)19-10-2-3-15(19)13-6-8-17-9-7-13/h4-9,15H,2-3,10-11H2,1H3,(H,18,20)/t15-/m1/s1. The Labute approximate surface area is 145 Å². The zero-order valence-corrected chi connectivity index (χ0v) is 14.9. The Hall–Kier alpha value is -1.77. The SMILES string of the molecule is CC(=O)NCc1ccc(S(=O)(=O)N2CCC[C@@H]2c2ccncc2)s1. The summed E-state index contributed by atoms with van der Waals surface area (Å²) in [5.41, 5.74) is 0.973. The van der Waals surface area contributed by atoms with Crippen LogP contribution in [0.2, 0.25) is 0 Å². The highest BCUT2D eigenvalue weighted by Crippen LogP contribution is 2.37. The lowest BCUT2D eigenvalue weighted by atomic mass is 10.1. The van der Waals surface area contributed by atoms with E-state index < -0.39 is 10.0 Å². The van der Waals surface area contributed by atoms with E-state index in [9.17, 15) is 13.2 Å². The summed E-state index contributed by atoms with van der Waals surface area (Å²) in [5.74, 6) is -0.134. The summed E-state index contributed by atoms with van der Waals surface area (Å²) in [6.45, 7) is 2.31. The van der Waals surface area contributed by atoms with Crippen molar-refractivity contribution in [2.45, 2.75) is 36.6 Å². The number of nitrogens with one attached hydrogen (secondary N) is 1. The topological polar surface area (TPSA) is 79.4 Å². The number of nitrogens with zero attached hydrogens (tertiary/aromatic N) is 2. The average Bonchev–Trinajstić information content (AvgIpc) is 3.23. The Kier molecular flexibility index (Phi) is 4.98. The molecule has 3 heterocycles. The molecular weight excluding hydrogens is 346 g/mol. The maximum atomic E-state index is 13.0. The van der Waals surface area contributed by atoms with Crippen molar-refractivity contribution < 1.29 is 13.2 Å². The summed E-state index contributed by atoms with van der Waals surface area (Å²) in [5, 5.41) is 2.69. The minimum atomic E-state index is -3.54. The van der Waals surface area contributed by atoms with Gasteiger partial charge in [0.05, 0.1) is 12.6 Å². The van der Waals surface area contributed by atoms with Crippen LogP contribution in [0.3, 0.4) is 0 Å². The summed E-state index contributed by atoms with van der Waals surface area (Å²) in [6, 6.07) is 6.98. The third-order valence-electron chi connectivity index (χ3n) is 4.01. The molecule has 2 aromatic rings. The lowest BCUT2D eigenvalue weighted by molar-refractivity contribution is -0.119. The van der Waals surface area contributed by atoms with Crippen molar-refractivity contribution in [1.82, 2.24) is 14.6 Å². The lowest BCUT2D eigenvalue weighted by Crippen LogP contribution is -2.30. The second-order valence-corrected chi connectivity index (χ2v) is 8.97. The second-order valence-electron chi connectivity index (χ2n) is 5.68. The Morgan fingerprint density at radius 1 is 1.33 bits per heavy atom. The molecule has 0 aliphatic carbocycles. The van der Waals surface area contributed by atoms with Gasteiger partial charge in [-0.25, -0.2) is 8.42 Å². The summed E-state index contributed by atoms with van der Waals surface area (Å²) in [6.07, 6.45) is 5.04. The highest BCUT2D eigenvalue weighted by molar-refractivity contribution is 7.91. The van der Waals surface area contributed by atoms with Crippen molar-refractivity contribution in [1.29, 1.82) is 0 Å². The number of carbonyl (C=O) groups excluding carboxylic acids is 1. The van der Waals surface area contributed by atoms with E-state index in [1.54, 1.807) is 28.8 Å². The highest BCUT2D eigenvalue weighted by atomic mass is 32.2. The van der Waals surface area contributed by atoms with Gasteiger partial charge in [0.1, 0.15) is 4.21 Å². The largest absolute Gasteiger partial charge is 0.351 e. The number of thiophene rings is 1. The van der Waals surface area contributed by atoms with Crippen molar-refractivity contribution >= 4 is 27.3 Å². The predicted octanol–water partition coefficient (Wildman–Crippen LogP) is 2.31. The first-order valence-electron chi connectivity index (χ1n) is 7.73. The third kappa shape index (κ3) is 3.50. The second kappa shape index (κ2) is 7.00. The maximum absolute atomic E-state index is 13.0. The summed E-state index contributed by atoms with van der Waals surface area (Å²) < 4.78 is 27.9. The third-order valence-corrected chi connectivity index (χ3v) is 7.47. The molecule has 8 heteroatoms. The number of aromatic nitrogens is 1. The van der Waals surface area contributed by atoms with Crippen LogP contribution >= 0.6 is 11.3 Å². The number of carbonyl (C=O) groups is 1. The van der Waals surface area contributed by atoms with Crippen molar-refractivity contribution in [3.05, 3.63) is 47.1 Å². The maximum Gasteiger partial charge on any atom is 0.253 e. The van der Waals surface area contributed by atoms with E-state index in [0.717, 1.165) is 23.3 Å². The molecule has 0 radical (unpaired) electrons. The fourth-order valence-corrected chi connectivity index (χ4v) is 5.97. The molecule has 1 fully saturated rings. The Morgan fingerprint density at radius 3 is 2.79 bits per heavy atom. The molecule has 0 spiro atoms. The molecule has 2 aromatic heterocycles. The minimum absolute atomic E-state index is 0.134. The summed E-state index contributed by atoms with van der Waals surface area (Å²) in [4.78, 5) is 15.8. The van der Waals surface area contributed by atoms with Gasteiger partial charge in [0, 0.05) is 30.7 Å². The fourth-order valence-electron chi connectivity index (χ4n) is 2.87. The zero-order valence-electron chi connectivity index (χ0n) is 13.3. The molecule has 24 heavy (non-hydrogen) atoms. The number of hydrogen-bond donors (Lipinski definition) is 1. The van der Waals surface area contributed by atoms with Gasteiger partial charge in [-0.2, -0.15) is 4.31 Å². The fraction of sp³-hybridized carbons (Fsp3) is 0.375. The number of sulfonamides is 1. The van der Waals surface area contributed by atoms with E-state index in [0.29, 0.717) is 17.3 Å². The van der Waals surface area contributed by atoms with Crippen molar-refractivity contribution in [2.75, 3.05) is 6.54 Å². The van der Waals surface area contributed by atoms with Gasteiger partial charge in [-0.05, 0) is 42.7 Å². The Morgan fingerprint density at radius 2 is 2.08 bits per heavy atom. The van der Waals surface area contributed by atoms with Crippen LogP contribution in [0.25, 0.3) is 0 Å². The van der Waals surface area contributed by atoms with Gasteiger partial charge in [-0.15, -0.1) is 11.3 Å². The van der Waals surface area contributed by atoms with Crippen LogP contribution in [0.15, 0.2) is 40.9 Å². The molecule has 1 aliphatic rings. The molecule has 1 N–H and O–H groups in total. The number of rotatable bonds is 5. The molecule has 1 atom stereocenters. The van der Waals surface area contributed by atoms with E-state index in [-0.39, 0.29) is 11.9 Å². The molecule has 1 aliphatic heterocycles. The van der Waals surface area contributed by atoms with Crippen LogP contribution in [-0.4, -0.2) is 30.2 Å². The molecule has 6 nitrogen and oxygen atoms in total. The first-order chi connectivity index (χ1) is 11.5. The molecule has 1 amide bonds. The smallest absolute Gasteiger partial charge is 0.253 e. The van der Waals surface area contributed by atoms with Crippen LogP contribution in [0.4, 0.5) is 0 Å². The van der Waals surface area contributed by atoms with Crippen LogP contribution in [-0.2, 0) is 21.4 Å². The first-order valence-corrected chi connectivity index (χ1v) is 9.99. The van der Waals surface area contributed by atoms with Gasteiger partial charge in [-0.1, -0.05) is 0 Å². The normalized spacial score (nSPS) is 18.6. The van der Waals surface area contributed by atoms with E-state index in [1.807, 2.05) is 12.1 Å². The van der Waals surface area contributed by atoms with E-state index in [2.05, 4.69) is 10.3 Å². The molecule has 128 valence electrons. The number of pyridine rings is 1. The van der Waals surface area contributed by atoms with Crippen molar-refractivity contribution in [2.24, 2.45) is 0 Å². The summed E-state index contributed by atoms with van der Waals surface area (Å²) in [7, 11) is -3.54. The minimum Gasteiger partial charge on any atom is -0.351 e. The van der Waals surface area contributed by atoms with Crippen LogP contribution in [0.5, 0.6) is 0 Å². The van der Waals surface area contributed by atoms with Crippen LogP contribution < -0.4 is 5.32 Å². The molecular formula is C16H19N3O3S2. The first kappa shape index (κ1) is 17.1. The Balaban J connectivity index is 1.83. The van der Waals surface area contributed by atoms with E-state index in [1.165, 1.54) is 18.3 Å². The molecule has 0 saturated carbocycles. The van der Waals surface area contributed by atoms with Crippen LogP contribution in [0.1, 0.15) is 36.2 Å². The van der Waals surface area contributed by atoms with Crippen LogP contribution in [0, 0.1) is 0 Å². The predicted molar refractivity (Wildman–Crippen MR) is 91.9 cm³/mol. The van der Waals surface area contributed by atoms with Crippen molar-refractivity contribution in [3.63, 3.8) is 0 Å². The van der Waals surface area contributed by atoms with Gasteiger partial charge in [0.15, 0.2) is 0 Å². The van der Waals surface area contributed by atoms with Crippen molar-refractivity contribution in [3.8, 4) is 0 Å². The van der Waals surface area contributed by atoms with E-state index in [4.69, 9.17) is 0 Å². The van der Waals surface area contributed by atoms with Gasteiger partial charge in [0.25, 0.3) is 10.0 Å². The molecule has 3 rings (SSSR count). The van der Waals surface area contributed by atoms with Gasteiger partial charge in [0.2, 0.25) is 5.91 Å². The monoisotopic (exact) mass is 365 g/mol. The zero-order chi connectivity index (χ0) is 17.2. The number of amides is 1. The summed E-state index contributed by atoms with van der Waals surface area (Å²) >= 11 is 1.21. The number of hydrogen-bond acceptors (Lipinski definition) is 5. The quantitative estimate of drug-likeness (QED) is 0.882. The molecule has 0 bridgehead atoms. The van der Waals surface area contributed by atoms with E-state index >= 15 is 0 Å². The van der Waals surface area contributed by atoms with Gasteiger partial charge < -0.3 is 5.32 Å². The molecule has 1 saturated heterocycles. The van der Waals surface area contributed by atoms with Gasteiger partial charge >= 0.3 is 0 Å². The lowest BCUT2D eigenvalue weighted by Gasteiger charge is -2.23. The van der Waals surface area contributed by atoms with Gasteiger partial charge in [-0.3, -0.25) is 9.78 Å². The highest BCUT2D eigenvalue weighted by Gasteiger charge is 2.36. The molecule has 0 aromatic carbocycles. The molecule has 0 unspecified atom stereocenters.